The van der Waals surface area contributed by atoms with E-state index in [0.717, 1.165) is 22.2 Å². The lowest BCUT2D eigenvalue weighted by Crippen LogP contribution is -1.88. The summed E-state index contributed by atoms with van der Waals surface area (Å²) in [7, 11) is 0. The van der Waals surface area contributed by atoms with Crippen molar-refractivity contribution in [2.24, 2.45) is 0 Å². The Morgan fingerprint density at radius 3 is 2.67 bits per heavy atom. The summed E-state index contributed by atoms with van der Waals surface area (Å²) in [6.45, 7) is 1.93. The largest absolute Gasteiger partial charge is 0.453 e. The highest BCUT2D eigenvalue weighted by molar-refractivity contribution is 5.83. The first-order valence-electron chi connectivity index (χ1n) is 5.70. The van der Waals surface area contributed by atoms with Gasteiger partial charge in [-0.15, -0.1) is 0 Å². The average Bonchev–Trinajstić information content (AvgIpc) is 2.78. The minimum Gasteiger partial charge on any atom is -0.453 e. The molecule has 0 atom stereocenters. The van der Waals surface area contributed by atoms with Gasteiger partial charge in [-0.25, -0.2) is 4.39 Å². The molecule has 18 heavy (non-hydrogen) atoms. The Bertz CT molecular complexity index is 730. The normalized spacial score (nSPS) is 11.0. The van der Waals surface area contributed by atoms with Gasteiger partial charge in [0.05, 0.1) is 0 Å². The fourth-order valence-corrected chi connectivity index (χ4v) is 2.00. The maximum atomic E-state index is 13.5. The van der Waals surface area contributed by atoms with Gasteiger partial charge in [0, 0.05) is 16.6 Å². The number of nitrogens with two attached hydrogens (primary N) is 1. The number of nitrogen functional groups attached to an aromatic ring is 1. The highest BCUT2D eigenvalue weighted by Crippen LogP contribution is 2.30. The van der Waals surface area contributed by atoms with E-state index >= 15 is 0 Å². The Hall–Kier alpha value is -2.29. The molecule has 0 bridgehead atoms. The molecule has 0 radical (unpaired) electrons. The van der Waals surface area contributed by atoms with Gasteiger partial charge >= 0.3 is 0 Å². The monoisotopic (exact) mass is 241 g/mol. The summed E-state index contributed by atoms with van der Waals surface area (Å²) < 4.78 is 19.1. The molecule has 0 aliphatic heterocycles. The van der Waals surface area contributed by atoms with Crippen molar-refractivity contribution >= 4 is 16.7 Å². The van der Waals surface area contributed by atoms with E-state index in [4.69, 9.17) is 10.2 Å². The molecule has 3 aromatic rings. The average molecular weight is 241 g/mol. The third-order valence-electron chi connectivity index (χ3n) is 3.05. The van der Waals surface area contributed by atoms with Crippen molar-refractivity contribution in [3.63, 3.8) is 0 Å². The Morgan fingerprint density at radius 1 is 1.11 bits per heavy atom. The van der Waals surface area contributed by atoms with Crippen molar-refractivity contribution in [1.82, 2.24) is 0 Å². The van der Waals surface area contributed by atoms with E-state index in [1.54, 1.807) is 6.07 Å². The van der Waals surface area contributed by atoms with Crippen LogP contribution in [0, 0.1) is 12.7 Å². The summed E-state index contributed by atoms with van der Waals surface area (Å²) in [5, 5.41) is 0.763. The number of hydrogen-bond acceptors (Lipinski definition) is 2. The van der Waals surface area contributed by atoms with Crippen LogP contribution in [0.3, 0.4) is 0 Å². The quantitative estimate of drug-likeness (QED) is 0.650. The number of aryl methyl sites for hydroxylation is 1. The summed E-state index contributed by atoms with van der Waals surface area (Å²) in [6, 6.07) is 12.4. The second-order valence-electron chi connectivity index (χ2n) is 4.34. The highest BCUT2D eigenvalue weighted by atomic mass is 19.1. The predicted molar refractivity (Wildman–Crippen MR) is 70.8 cm³/mol. The third-order valence-corrected chi connectivity index (χ3v) is 3.05. The van der Waals surface area contributed by atoms with Gasteiger partial charge in [0.1, 0.15) is 5.76 Å². The molecule has 0 amide bonds. The topological polar surface area (TPSA) is 39.2 Å². The van der Waals surface area contributed by atoms with Crippen molar-refractivity contribution in [2.75, 3.05) is 5.73 Å². The molecule has 2 aromatic carbocycles. The van der Waals surface area contributed by atoms with Gasteiger partial charge in [-0.3, -0.25) is 0 Å². The summed E-state index contributed by atoms with van der Waals surface area (Å²) in [5.74, 6) is 0.309. The molecule has 2 N–H and O–H groups in total. The zero-order chi connectivity index (χ0) is 12.7. The molecule has 3 heteroatoms. The van der Waals surface area contributed by atoms with E-state index in [1.165, 1.54) is 6.07 Å². The fourth-order valence-electron chi connectivity index (χ4n) is 2.00. The van der Waals surface area contributed by atoms with Crippen LogP contribution in [0.5, 0.6) is 0 Å². The molecule has 3 rings (SSSR count). The van der Waals surface area contributed by atoms with Crippen molar-refractivity contribution in [3.05, 3.63) is 53.8 Å². The van der Waals surface area contributed by atoms with Gasteiger partial charge in [0.2, 0.25) is 0 Å². The van der Waals surface area contributed by atoms with Crippen LogP contribution in [0.4, 0.5) is 10.1 Å². The lowest BCUT2D eigenvalue weighted by molar-refractivity contribution is 0.569. The summed E-state index contributed by atoms with van der Waals surface area (Å²) in [4.78, 5) is 0. The van der Waals surface area contributed by atoms with Crippen LogP contribution in [0.1, 0.15) is 5.56 Å². The van der Waals surface area contributed by atoms with Crippen LogP contribution in [0.2, 0.25) is 0 Å². The minimum absolute atomic E-state index is 0.293. The van der Waals surface area contributed by atoms with Crippen LogP contribution in [-0.4, -0.2) is 0 Å². The molecule has 0 fully saturated rings. The van der Waals surface area contributed by atoms with E-state index in [9.17, 15) is 4.39 Å². The summed E-state index contributed by atoms with van der Waals surface area (Å²) in [5.41, 5.74) is 8.69. The van der Waals surface area contributed by atoms with Crippen LogP contribution in [0.15, 0.2) is 46.9 Å². The molecule has 0 spiro atoms. The van der Waals surface area contributed by atoms with E-state index in [1.807, 2.05) is 37.3 Å². The minimum atomic E-state index is -0.342. The van der Waals surface area contributed by atoms with Crippen molar-refractivity contribution in [3.8, 4) is 11.3 Å². The first kappa shape index (κ1) is 10.8. The predicted octanol–water partition coefficient (Wildman–Crippen LogP) is 4.13. The molecular weight excluding hydrogens is 229 g/mol. The maximum Gasteiger partial charge on any atom is 0.170 e. The zero-order valence-corrected chi connectivity index (χ0v) is 9.91. The Balaban J connectivity index is 2.19. The lowest BCUT2D eigenvalue weighted by atomic mass is 10.1. The highest BCUT2D eigenvalue weighted by Gasteiger charge is 2.10. The van der Waals surface area contributed by atoms with E-state index in [-0.39, 0.29) is 5.82 Å². The van der Waals surface area contributed by atoms with Crippen molar-refractivity contribution < 1.29 is 8.81 Å². The van der Waals surface area contributed by atoms with Gasteiger partial charge in [0.25, 0.3) is 0 Å². The molecule has 0 saturated carbocycles. The van der Waals surface area contributed by atoms with E-state index in [2.05, 4.69) is 0 Å². The number of anilines is 1. The number of hydrogen-bond donors (Lipinski definition) is 1. The standard InChI is InChI=1S/C15H12FNO/c1-9-7-10(5-6-13(9)17)14-8-11-3-2-4-12(16)15(11)18-14/h2-8H,17H2,1H3. The first-order chi connectivity index (χ1) is 8.65. The van der Waals surface area contributed by atoms with Crippen molar-refractivity contribution in [1.29, 1.82) is 0 Å². The second-order valence-corrected chi connectivity index (χ2v) is 4.34. The molecule has 0 aliphatic rings. The van der Waals surface area contributed by atoms with Crippen LogP contribution in [0.25, 0.3) is 22.3 Å². The van der Waals surface area contributed by atoms with Gasteiger partial charge in [0.15, 0.2) is 11.4 Å². The summed E-state index contributed by atoms with van der Waals surface area (Å²) >= 11 is 0. The van der Waals surface area contributed by atoms with Crippen LogP contribution < -0.4 is 5.73 Å². The number of rotatable bonds is 1. The SMILES string of the molecule is Cc1cc(-c2cc3cccc(F)c3o2)ccc1N. The Morgan fingerprint density at radius 2 is 1.94 bits per heavy atom. The molecule has 1 heterocycles. The third kappa shape index (κ3) is 1.64. The fraction of sp³-hybridized carbons (Fsp3) is 0.0667. The Kier molecular flexibility index (Phi) is 2.33. The van der Waals surface area contributed by atoms with Gasteiger partial charge in [-0.05, 0) is 42.8 Å². The van der Waals surface area contributed by atoms with Gasteiger partial charge in [-0.1, -0.05) is 12.1 Å². The molecular formula is C15H12FNO. The summed E-state index contributed by atoms with van der Waals surface area (Å²) in [6.07, 6.45) is 0. The lowest BCUT2D eigenvalue weighted by Gasteiger charge is -2.01. The van der Waals surface area contributed by atoms with E-state index in [0.29, 0.717) is 11.3 Å². The van der Waals surface area contributed by atoms with Gasteiger partial charge < -0.3 is 10.2 Å². The molecule has 0 unspecified atom stereocenters. The van der Waals surface area contributed by atoms with Crippen molar-refractivity contribution in [2.45, 2.75) is 6.92 Å². The molecule has 1 aromatic heterocycles. The zero-order valence-electron chi connectivity index (χ0n) is 9.91. The number of fused-ring (bicyclic) bond motifs is 1. The molecule has 90 valence electrons. The second kappa shape index (κ2) is 3.88. The number of benzene rings is 2. The molecule has 2 nitrogen and oxygen atoms in total. The van der Waals surface area contributed by atoms with Crippen LogP contribution >= 0.6 is 0 Å². The van der Waals surface area contributed by atoms with E-state index < -0.39 is 0 Å². The first-order valence-corrected chi connectivity index (χ1v) is 5.70. The van der Waals surface area contributed by atoms with Crippen LogP contribution in [-0.2, 0) is 0 Å². The smallest absolute Gasteiger partial charge is 0.170 e. The number of furan rings is 1. The van der Waals surface area contributed by atoms with Gasteiger partial charge in [-0.2, -0.15) is 0 Å². The molecule has 0 aliphatic carbocycles. The number of para-hydroxylation sites is 1. The Labute approximate surface area is 104 Å². The molecule has 0 saturated heterocycles. The number of halogens is 1. The maximum absolute atomic E-state index is 13.5.